The summed E-state index contributed by atoms with van der Waals surface area (Å²) in [6, 6.07) is 10.3. The molecule has 30 heavy (non-hydrogen) atoms. The van der Waals surface area contributed by atoms with Gasteiger partial charge in [-0.15, -0.1) is 0 Å². The number of amides is 3. The Morgan fingerprint density at radius 3 is 2.10 bits per heavy atom. The van der Waals surface area contributed by atoms with Gasteiger partial charge in [-0.2, -0.15) is 0 Å². The second-order valence-electron chi connectivity index (χ2n) is 6.78. The van der Waals surface area contributed by atoms with Gasteiger partial charge in [0.1, 0.15) is 5.02 Å². The molecule has 10 heteroatoms. The van der Waals surface area contributed by atoms with Gasteiger partial charge in [-0.05, 0) is 49.2 Å². The van der Waals surface area contributed by atoms with Crippen LogP contribution in [-0.2, 0) is 4.79 Å². The molecule has 0 unspecified atom stereocenters. The van der Waals surface area contributed by atoms with Crippen molar-refractivity contribution in [2.75, 3.05) is 18.4 Å². The number of rotatable bonds is 8. The van der Waals surface area contributed by atoms with Crippen LogP contribution in [0.15, 0.2) is 42.5 Å². The molecule has 0 heterocycles. The standard InChI is InChI=1S/C20H19ClN4O5/c21-16-8-5-14(11-17(16)25(29)30)19(27)23-10-9-22-18(26)12-3-6-15(7-4-12)24-20(28)13-1-2-13/h3-8,11,13H,1-2,9-10H2,(H,22,26)(H,23,27)(H,24,28). The second kappa shape index (κ2) is 9.36. The van der Waals surface area contributed by atoms with Crippen molar-refractivity contribution in [2.24, 2.45) is 5.92 Å². The monoisotopic (exact) mass is 430 g/mol. The molecule has 1 saturated carbocycles. The van der Waals surface area contributed by atoms with Crippen molar-refractivity contribution in [3.8, 4) is 0 Å². The minimum Gasteiger partial charge on any atom is -0.350 e. The van der Waals surface area contributed by atoms with Crippen molar-refractivity contribution in [1.29, 1.82) is 0 Å². The normalized spacial score (nSPS) is 12.7. The Bertz CT molecular complexity index is 989. The molecule has 9 nitrogen and oxygen atoms in total. The summed E-state index contributed by atoms with van der Waals surface area (Å²) in [6.45, 7) is 0.303. The number of nitrogens with one attached hydrogen (secondary N) is 3. The molecular weight excluding hydrogens is 412 g/mol. The number of halogens is 1. The number of hydrogen-bond acceptors (Lipinski definition) is 5. The van der Waals surface area contributed by atoms with E-state index < -0.39 is 10.8 Å². The SMILES string of the molecule is O=C(NCCNC(=O)c1ccc(Cl)c([N+](=O)[O-])c1)c1ccc(NC(=O)C2CC2)cc1. The molecule has 0 aromatic heterocycles. The summed E-state index contributed by atoms with van der Waals surface area (Å²) in [7, 11) is 0. The number of carbonyl (C=O) groups is 3. The highest BCUT2D eigenvalue weighted by molar-refractivity contribution is 6.32. The Morgan fingerprint density at radius 2 is 1.53 bits per heavy atom. The minimum absolute atomic E-state index is 0.00559. The third-order valence-electron chi connectivity index (χ3n) is 4.46. The van der Waals surface area contributed by atoms with Crippen LogP contribution in [-0.4, -0.2) is 35.7 Å². The van der Waals surface area contributed by atoms with Crippen molar-refractivity contribution in [3.05, 3.63) is 68.7 Å². The minimum atomic E-state index is -0.665. The maximum atomic E-state index is 12.2. The summed E-state index contributed by atoms with van der Waals surface area (Å²) < 4.78 is 0. The molecule has 1 fully saturated rings. The molecule has 3 rings (SSSR count). The topological polar surface area (TPSA) is 130 Å². The van der Waals surface area contributed by atoms with Crippen LogP contribution >= 0.6 is 11.6 Å². The molecular formula is C20H19ClN4O5. The van der Waals surface area contributed by atoms with Crippen molar-refractivity contribution < 1.29 is 19.3 Å². The van der Waals surface area contributed by atoms with Gasteiger partial charge in [0.05, 0.1) is 4.92 Å². The molecule has 0 aliphatic heterocycles. The number of carbonyl (C=O) groups excluding carboxylic acids is 3. The van der Waals surface area contributed by atoms with Gasteiger partial charge >= 0.3 is 0 Å². The van der Waals surface area contributed by atoms with E-state index >= 15 is 0 Å². The molecule has 0 bridgehead atoms. The molecule has 156 valence electrons. The third kappa shape index (κ3) is 5.54. The van der Waals surface area contributed by atoms with E-state index in [9.17, 15) is 24.5 Å². The van der Waals surface area contributed by atoms with Crippen LogP contribution in [0.2, 0.25) is 5.02 Å². The second-order valence-corrected chi connectivity index (χ2v) is 7.18. The number of benzene rings is 2. The Labute approximate surface area is 176 Å². The molecule has 3 N–H and O–H groups in total. The van der Waals surface area contributed by atoms with Gasteiger partial charge in [-0.1, -0.05) is 11.6 Å². The predicted octanol–water partition coefficient (Wildman–Crippen LogP) is 2.76. The fraction of sp³-hybridized carbons (Fsp3) is 0.250. The van der Waals surface area contributed by atoms with Crippen LogP contribution in [0, 0.1) is 16.0 Å². The Hall–Kier alpha value is -3.46. The van der Waals surface area contributed by atoms with Crippen molar-refractivity contribution in [1.82, 2.24) is 10.6 Å². The summed E-state index contributed by atoms with van der Waals surface area (Å²) in [5.41, 5.74) is 0.794. The maximum Gasteiger partial charge on any atom is 0.288 e. The van der Waals surface area contributed by atoms with Gasteiger partial charge in [0.2, 0.25) is 5.91 Å². The first-order valence-corrected chi connectivity index (χ1v) is 9.64. The lowest BCUT2D eigenvalue weighted by Gasteiger charge is -2.09. The van der Waals surface area contributed by atoms with Gasteiger partial charge in [0.25, 0.3) is 17.5 Å². The van der Waals surface area contributed by atoms with E-state index in [1.165, 1.54) is 12.1 Å². The zero-order chi connectivity index (χ0) is 21.7. The molecule has 1 aliphatic rings. The lowest BCUT2D eigenvalue weighted by Crippen LogP contribution is -2.34. The highest BCUT2D eigenvalue weighted by Gasteiger charge is 2.29. The Balaban J connectivity index is 1.44. The summed E-state index contributed by atoms with van der Waals surface area (Å²) in [5, 5.41) is 18.9. The van der Waals surface area contributed by atoms with E-state index in [0.29, 0.717) is 11.3 Å². The number of nitro benzene ring substituents is 1. The van der Waals surface area contributed by atoms with Crippen LogP contribution in [0.5, 0.6) is 0 Å². The van der Waals surface area contributed by atoms with Gasteiger partial charge in [-0.25, -0.2) is 0 Å². The molecule has 2 aromatic rings. The lowest BCUT2D eigenvalue weighted by atomic mass is 10.2. The summed E-state index contributed by atoms with van der Waals surface area (Å²) in [6.07, 6.45) is 1.83. The van der Waals surface area contributed by atoms with E-state index in [4.69, 9.17) is 11.6 Å². The first-order valence-electron chi connectivity index (χ1n) is 9.26. The molecule has 0 radical (unpaired) electrons. The van der Waals surface area contributed by atoms with E-state index in [2.05, 4.69) is 16.0 Å². The van der Waals surface area contributed by atoms with Gasteiger partial charge < -0.3 is 16.0 Å². The number of nitrogens with zero attached hydrogens (tertiary/aromatic N) is 1. The average molecular weight is 431 g/mol. The summed E-state index contributed by atoms with van der Waals surface area (Å²) >= 11 is 5.73. The number of nitro groups is 1. The average Bonchev–Trinajstić information content (AvgIpc) is 3.57. The lowest BCUT2D eigenvalue weighted by molar-refractivity contribution is -0.384. The van der Waals surface area contributed by atoms with Gasteiger partial charge in [0, 0.05) is 41.9 Å². The van der Waals surface area contributed by atoms with E-state index in [1.807, 2.05) is 0 Å². The Kier molecular flexibility index (Phi) is 6.63. The molecule has 0 spiro atoms. The quantitative estimate of drug-likeness (QED) is 0.336. The smallest absolute Gasteiger partial charge is 0.288 e. The molecule has 2 aromatic carbocycles. The van der Waals surface area contributed by atoms with Crippen LogP contribution in [0.4, 0.5) is 11.4 Å². The van der Waals surface area contributed by atoms with Crippen LogP contribution in [0.25, 0.3) is 0 Å². The highest BCUT2D eigenvalue weighted by atomic mass is 35.5. The van der Waals surface area contributed by atoms with Gasteiger partial charge in [0.15, 0.2) is 0 Å². The fourth-order valence-electron chi connectivity index (χ4n) is 2.64. The maximum absolute atomic E-state index is 12.2. The third-order valence-corrected chi connectivity index (χ3v) is 4.78. The first kappa shape index (κ1) is 21.3. The fourth-order valence-corrected chi connectivity index (χ4v) is 2.83. The van der Waals surface area contributed by atoms with Crippen LogP contribution in [0.3, 0.4) is 0 Å². The molecule has 0 saturated heterocycles. The number of anilines is 1. The largest absolute Gasteiger partial charge is 0.350 e. The summed E-state index contributed by atoms with van der Waals surface area (Å²) in [4.78, 5) is 46.2. The van der Waals surface area contributed by atoms with Crippen LogP contribution < -0.4 is 16.0 Å². The predicted molar refractivity (Wildman–Crippen MR) is 111 cm³/mol. The van der Waals surface area contributed by atoms with Crippen molar-refractivity contribution in [3.63, 3.8) is 0 Å². The van der Waals surface area contributed by atoms with E-state index in [1.54, 1.807) is 24.3 Å². The highest BCUT2D eigenvalue weighted by Crippen LogP contribution is 2.30. The Morgan fingerprint density at radius 1 is 0.967 bits per heavy atom. The van der Waals surface area contributed by atoms with E-state index in [-0.39, 0.29) is 47.1 Å². The van der Waals surface area contributed by atoms with E-state index in [0.717, 1.165) is 18.9 Å². The summed E-state index contributed by atoms with van der Waals surface area (Å²) in [5.74, 6) is -0.748. The molecule has 3 amide bonds. The van der Waals surface area contributed by atoms with Crippen molar-refractivity contribution >= 4 is 40.7 Å². The number of hydrogen-bond donors (Lipinski definition) is 3. The molecule has 1 aliphatic carbocycles. The zero-order valence-electron chi connectivity index (χ0n) is 15.8. The molecule has 0 atom stereocenters. The van der Waals surface area contributed by atoms with Crippen molar-refractivity contribution in [2.45, 2.75) is 12.8 Å². The zero-order valence-corrected chi connectivity index (χ0v) is 16.6. The van der Waals surface area contributed by atoms with Crippen LogP contribution in [0.1, 0.15) is 33.6 Å². The first-order chi connectivity index (χ1) is 14.3. The van der Waals surface area contributed by atoms with Gasteiger partial charge in [-0.3, -0.25) is 24.5 Å².